The van der Waals surface area contributed by atoms with Crippen LogP contribution in [-0.4, -0.2) is 48.4 Å². The van der Waals surface area contributed by atoms with Gasteiger partial charge in [-0.2, -0.15) is 0 Å². The van der Waals surface area contributed by atoms with Gasteiger partial charge in [-0.3, -0.25) is 9.59 Å². The predicted molar refractivity (Wildman–Crippen MR) is 110 cm³/mol. The summed E-state index contributed by atoms with van der Waals surface area (Å²) in [5.74, 6) is -2.05. The van der Waals surface area contributed by atoms with E-state index >= 15 is 0 Å². The van der Waals surface area contributed by atoms with Gasteiger partial charge in [0.1, 0.15) is 6.10 Å². The second kappa shape index (κ2) is 7.93. The quantitative estimate of drug-likeness (QED) is 0.579. The van der Waals surface area contributed by atoms with E-state index in [0.29, 0.717) is 24.8 Å². The molecule has 7 nitrogen and oxygen atoms in total. The largest absolute Gasteiger partial charge is 0.465 e. The van der Waals surface area contributed by atoms with Crippen molar-refractivity contribution in [2.75, 3.05) is 13.2 Å². The van der Waals surface area contributed by atoms with Crippen molar-refractivity contribution in [3.8, 4) is 0 Å². The lowest BCUT2D eigenvalue weighted by atomic mass is 9.44. The van der Waals surface area contributed by atoms with E-state index in [0.717, 1.165) is 0 Å². The summed E-state index contributed by atoms with van der Waals surface area (Å²) in [4.78, 5) is 37.0. The van der Waals surface area contributed by atoms with E-state index in [2.05, 4.69) is 0 Å². The molecule has 1 heterocycles. The van der Waals surface area contributed by atoms with Crippen LogP contribution in [-0.2, 0) is 23.8 Å². The normalized spacial score (nSPS) is 39.1. The highest BCUT2D eigenvalue weighted by molar-refractivity contribution is 5.89. The van der Waals surface area contributed by atoms with Crippen molar-refractivity contribution in [1.82, 2.24) is 0 Å². The van der Waals surface area contributed by atoms with Gasteiger partial charge in [0.25, 0.3) is 0 Å². The second-order valence-electron chi connectivity index (χ2n) is 9.72. The van der Waals surface area contributed by atoms with Gasteiger partial charge in [-0.25, -0.2) is 4.79 Å². The first-order chi connectivity index (χ1) is 14.7. The van der Waals surface area contributed by atoms with Gasteiger partial charge in [0.2, 0.25) is 0 Å². The van der Waals surface area contributed by atoms with Crippen LogP contribution in [0.1, 0.15) is 50.4 Å². The Labute approximate surface area is 182 Å². The first-order valence-electron chi connectivity index (χ1n) is 10.9. The number of rotatable bonds is 4. The smallest absolute Gasteiger partial charge is 0.338 e. The Kier molecular flexibility index (Phi) is 5.58. The van der Waals surface area contributed by atoms with E-state index in [1.54, 1.807) is 24.3 Å². The predicted octanol–water partition coefficient (Wildman–Crippen LogP) is 2.75. The molecule has 7 atom stereocenters. The molecule has 1 saturated heterocycles. The van der Waals surface area contributed by atoms with Gasteiger partial charge < -0.3 is 19.3 Å². The lowest BCUT2D eigenvalue weighted by Gasteiger charge is -2.61. The van der Waals surface area contributed by atoms with E-state index < -0.39 is 34.9 Å². The van der Waals surface area contributed by atoms with Crippen LogP contribution in [0.5, 0.6) is 0 Å². The van der Waals surface area contributed by atoms with Crippen LogP contribution in [0.2, 0.25) is 0 Å². The van der Waals surface area contributed by atoms with Crippen molar-refractivity contribution in [3.05, 3.63) is 35.9 Å². The zero-order valence-corrected chi connectivity index (χ0v) is 18.2. The Morgan fingerprint density at radius 3 is 2.61 bits per heavy atom. The number of carbonyl (C=O) groups excluding carboxylic acids is 3. The number of fused-ring (bicyclic) bond motifs is 3. The van der Waals surface area contributed by atoms with Crippen LogP contribution in [0.4, 0.5) is 0 Å². The van der Waals surface area contributed by atoms with Crippen molar-refractivity contribution in [2.45, 2.75) is 52.2 Å². The lowest BCUT2D eigenvalue weighted by Crippen LogP contribution is -2.65. The van der Waals surface area contributed by atoms with Gasteiger partial charge >= 0.3 is 17.9 Å². The number of carbonyl (C=O) groups is 3. The molecule has 1 aromatic carbocycles. The highest BCUT2D eigenvalue weighted by Gasteiger charge is 2.67. The third-order valence-corrected chi connectivity index (χ3v) is 7.85. The Morgan fingerprint density at radius 2 is 1.94 bits per heavy atom. The van der Waals surface area contributed by atoms with Crippen LogP contribution in [0.25, 0.3) is 0 Å². The number of benzene rings is 1. The van der Waals surface area contributed by atoms with Gasteiger partial charge in [0.05, 0.1) is 30.8 Å². The number of aliphatic hydroxyl groups excluding tert-OH is 1. The Morgan fingerprint density at radius 1 is 1.23 bits per heavy atom. The summed E-state index contributed by atoms with van der Waals surface area (Å²) in [5, 5.41) is 11.2. The number of hydrogen-bond donors (Lipinski definition) is 1. The number of ether oxygens (including phenoxy) is 3. The fourth-order valence-electron chi connectivity index (χ4n) is 6.36. The maximum absolute atomic E-state index is 12.9. The average Bonchev–Trinajstić information content (AvgIpc) is 3.12. The Bertz CT molecular complexity index is 868. The van der Waals surface area contributed by atoms with E-state index in [9.17, 15) is 19.5 Å². The number of aliphatic hydroxyl groups is 1. The third-order valence-electron chi connectivity index (χ3n) is 7.85. The summed E-state index contributed by atoms with van der Waals surface area (Å²) < 4.78 is 16.8. The minimum absolute atomic E-state index is 0.168. The first kappa shape index (κ1) is 21.8. The minimum Gasteiger partial charge on any atom is -0.465 e. The summed E-state index contributed by atoms with van der Waals surface area (Å²) in [6, 6.07) is 8.72. The van der Waals surface area contributed by atoms with Gasteiger partial charge in [0, 0.05) is 29.6 Å². The Balaban J connectivity index is 1.73. The minimum atomic E-state index is -0.718. The van der Waals surface area contributed by atoms with Crippen LogP contribution in [0.15, 0.2) is 30.3 Å². The molecule has 4 rings (SSSR count). The van der Waals surface area contributed by atoms with E-state index in [-0.39, 0.29) is 37.0 Å². The molecule has 168 valence electrons. The van der Waals surface area contributed by atoms with Crippen LogP contribution in [0.3, 0.4) is 0 Å². The molecular formula is C24H30O7. The SMILES string of the molecule is CC(=O)OC[C@]1(C)CC[C@@H](O)[C@]2(C)[C@H]3COC(=O)[C@H]3C[C@@H](OC(=O)c3ccccc3)[C@@H]12. The standard InChI is InChI=1S/C24H30O7/c1-14(25)30-13-23(2)10-9-19(26)24(3)17-12-29-22(28)16(17)11-18(20(23)24)31-21(27)15-7-5-4-6-8-15/h4-8,16-20,26H,9-13H2,1-3H3/t16-,17-,18+,19+,20-,23-,24-/m0/s1. The van der Waals surface area contributed by atoms with Crippen LogP contribution >= 0.6 is 0 Å². The fraction of sp³-hybridized carbons (Fsp3) is 0.625. The van der Waals surface area contributed by atoms with Crippen molar-refractivity contribution < 1.29 is 33.7 Å². The fourth-order valence-corrected chi connectivity index (χ4v) is 6.36. The molecule has 2 saturated carbocycles. The molecule has 1 N–H and O–H groups in total. The summed E-state index contributed by atoms with van der Waals surface area (Å²) in [5.41, 5.74) is -0.805. The lowest BCUT2D eigenvalue weighted by molar-refractivity contribution is -0.216. The van der Waals surface area contributed by atoms with E-state index in [1.807, 2.05) is 19.9 Å². The molecule has 0 bridgehead atoms. The third kappa shape index (κ3) is 3.63. The van der Waals surface area contributed by atoms with Crippen molar-refractivity contribution in [1.29, 1.82) is 0 Å². The summed E-state index contributed by atoms with van der Waals surface area (Å²) >= 11 is 0. The van der Waals surface area contributed by atoms with Crippen molar-refractivity contribution in [3.63, 3.8) is 0 Å². The molecule has 0 spiro atoms. The highest BCUT2D eigenvalue weighted by Crippen LogP contribution is 2.63. The van der Waals surface area contributed by atoms with E-state index in [1.165, 1.54) is 6.92 Å². The average molecular weight is 430 g/mol. The monoisotopic (exact) mass is 430 g/mol. The molecule has 31 heavy (non-hydrogen) atoms. The molecule has 0 aromatic heterocycles. The topological polar surface area (TPSA) is 99.1 Å². The van der Waals surface area contributed by atoms with Gasteiger partial charge in [-0.15, -0.1) is 0 Å². The maximum Gasteiger partial charge on any atom is 0.338 e. The Hall–Kier alpha value is -2.41. The summed E-state index contributed by atoms with van der Waals surface area (Å²) in [6.45, 7) is 5.77. The van der Waals surface area contributed by atoms with E-state index in [4.69, 9.17) is 14.2 Å². The number of cyclic esters (lactones) is 1. The van der Waals surface area contributed by atoms with Crippen LogP contribution in [0, 0.1) is 28.6 Å². The molecule has 0 radical (unpaired) electrons. The molecule has 3 fully saturated rings. The zero-order valence-electron chi connectivity index (χ0n) is 18.2. The summed E-state index contributed by atoms with van der Waals surface area (Å²) in [7, 11) is 0. The molecule has 2 aliphatic carbocycles. The molecule has 0 unspecified atom stereocenters. The molecule has 0 amide bonds. The van der Waals surface area contributed by atoms with Gasteiger partial charge in [0.15, 0.2) is 0 Å². The number of esters is 3. The maximum atomic E-state index is 12.9. The van der Waals surface area contributed by atoms with Crippen LogP contribution < -0.4 is 0 Å². The summed E-state index contributed by atoms with van der Waals surface area (Å²) in [6.07, 6.45) is 0.183. The second-order valence-corrected chi connectivity index (χ2v) is 9.72. The first-order valence-corrected chi connectivity index (χ1v) is 10.9. The molecule has 3 aliphatic rings. The van der Waals surface area contributed by atoms with Gasteiger partial charge in [-0.1, -0.05) is 32.0 Å². The van der Waals surface area contributed by atoms with Crippen molar-refractivity contribution in [2.24, 2.45) is 28.6 Å². The zero-order chi connectivity index (χ0) is 22.4. The molecule has 7 heteroatoms. The molecule has 1 aliphatic heterocycles. The number of hydrogen-bond acceptors (Lipinski definition) is 7. The van der Waals surface area contributed by atoms with Crippen molar-refractivity contribution >= 4 is 17.9 Å². The molecule has 1 aromatic rings. The highest BCUT2D eigenvalue weighted by atomic mass is 16.6. The van der Waals surface area contributed by atoms with Gasteiger partial charge in [-0.05, 0) is 31.4 Å². The molecular weight excluding hydrogens is 400 g/mol.